The number of aliphatic imine (C=N–C) groups is 1. The molecule has 0 aliphatic heterocycles. The number of pyridine rings is 1. The lowest BCUT2D eigenvalue weighted by molar-refractivity contribution is 0.625. The summed E-state index contributed by atoms with van der Waals surface area (Å²) >= 11 is 0. The van der Waals surface area contributed by atoms with Gasteiger partial charge in [0.1, 0.15) is 5.82 Å². The van der Waals surface area contributed by atoms with Gasteiger partial charge < -0.3 is 10.6 Å². The van der Waals surface area contributed by atoms with E-state index in [2.05, 4.69) is 20.6 Å². The second-order valence-corrected chi connectivity index (χ2v) is 4.88. The molecule has 1 aromatic carbocycles. The van der Waals surface area contributed by atoms with Crippen LogP contribution in [-0.4, -0.2) is 31.1 Å². The first-order chi connectivity index (χ1) is 10.8. The molecule has 5 heteroatoms. The lowest BCUT2D eigenvalue weighted by Crippen LogP contribution is -2.39. The van der Waals surface area contributed by atoms with Gasteiger partial charge in [-0.25, -0.2) is 4.39 Å². The number of nitrogens with one attached hydrogen (secondary N) is 2. The quantitative estimate of drug-likeness (QED) is 0.635. The van der Waals surface area contributed by atoms with E-state index in [0.29, 0.717) is 6.54 Å². The summed E-state index contributed by atoms with van der Waals surface area (Å²) in [5, 5.41) is 6.46. The minimum Gasteiger partial charge on any atom is -0.356 e. The number of guanidine groups is 1. The number of nitrogens with zero attached hydrogens (tertiary/aromatic N) is 2. The van der Waals surface area contributed by atoms with E-state index >= 15 is 0 Å². The van der Waals surface area contributed by atoms with Crippen LogP contribution in [-0.2, 0) is 12.8 Å². The van der Waals surface area contributed by atoms with E-state index in [-0.39, 0.29) is 5.82 Å². The highest BCUT2D eigenvalue weighted by Gasteiger charge is 1.99. The van der Waals surface area contributed by atoms with E-state index in [1.165, 1.54) is 6.07 Å². The number of rotatable bonds is 6. The summed E-state index contributed by atoms with van der Waals surface area (Å²) in [7, 11) is 1.73. The monoisotopic (exact) mass is 300 g/mol. The molecule has 0 aliphatic carbocycles. The van der Waals surface area contributed by atoms with Crippen LogP contribution in [0.15, 0.2) is 53.7 Å². The van der Waals surface area contributed by atoms with Crippen molar-refractivity contribution in [1.82, 2.24) is 15.6 Å². The Morgan fingerprint density at radius 3 is 2.59 bits per heavy atom. The topological polar surface area (TPSA) is 49.3 Å². The summed E-state index contributed by atoms with van der Waals surface area (Å²) < 4.78 is 13.1. The van der Waals surface area contributed by atoms with Gasteiger partial charge in [-0.1, -0.05) is 18.2 Å². The van der Waals surface area contributed by atoms with E-state index < -0.39 is 0 Å². The predicted molar refractivity (Wildman–Crippen MR) is 87.4 cm³/mol. The van der Waals surface area contributed by atoms with Crippen molar-refractivity contribution < 1.29 is 4.39 Å². The van der Waals surface area contributed by atoms with Gasteiger partial charge in [0.25, 0.3) is 0 Å². The normalized spacial score (nSPS) is 11.3. The SMILES string of the molecule is CN=C(NCCc1cccc(F)c1)NCCc1ccccn1. The standard InChI is InChI=1S/C17H21FN4/c1-19-17(22-12-9-16-7-2-3-10-20-16)21-11-8-14-5-4-6-15(18)13-14/h2-7,10,13H,8-9,11-12H2,1H3,(H2,19,21,22). The summed E-state index contributed by atoms with van der Waals surface area (Å²) in [6.45, 7) is 1.46. The molecule has 0 radical (unpaired) electrons. The largest absolute Gasteiger partial charge is 0.356 e. The fourth-order valence-electron chi connectivity index (χ4n) is 2.09. The Hall–Kier alpha value is -2.43. The Labute approximate surface area is 130 Å². The molecule has 2 rings (SSSR count). The van der Waals surface area contributed by atoms with Gasteiger partial charge in [-0.2, -0.15) is 0 Å². The van der Waals surface area contributed by atoms with E-state index in [0.717, 1.165) is 36.6 Å². The molecule has 116 valence electrons. The number of aromatic nitrogens is 1. The van der Waals surface area contributed by atoms with E-state index in [9.17, 15) is 4.39 Å². The van der Waals surface area contributed by atoms with Crippen molar-refractivity contribution in [2.24, 2.45) is 4.99 Å². The Morgan fingerprint density at radius 2 is 1.91 bits per heavy atom. The molecule has 0 saturated carbocycles. The average Bonchev–Trinajstić information content (AvgIpc) is 2.54. The molecule has 2 N–H and O–H groups in total. The summed E-state index contributed by atoms with van der Waals surface area (Å²) in [5.41, 5.74) is 2.02. The molecule has 4 nitrogen and oxygen atoms in total. The molecule has 2 aromatic rings. The van der Waals surface area contributed by atoms with Gasteiger partial charge in [0, 0.05) is 38.4 Å². The van der Waals surface area contributed by atoms with Crippen LogP contribution in [0.4, 0.5) is 4.39 Å². The molecular weight excluding hydrogens is 279 g/mol. The van der Waals surface area contributed by atoms with Crippen molar-refractivity contribution in [3.8, 4) is 0 Å². The van der Waals surface area contributed by atoms with E-state index in [1.54, 1.807) is 25.4 Å². The number of benzene rings is 1. The smallest absolute Gasteiger partial charge is 0.190 e. The summed E-state index contributed by atoms with van der Waals surface area (Å²) in [4.78, 5) is 8.44. The Bertz CT molecular complexity index is 599. The van der Waals surface area contributed by atoms with Gasteiger partial charge in [0.15, 0.2) is 5.96 Å². The van der Waals surface area contributed by atoms with Crippen LogP contribution in [0.5, 0.6) is 0 Å². The van der Waals surface area contributed by atoms with Crippen molar-refractivity contribution in [2.45, 2.75) is 12.8 Å². The maximum Gasteiger partial charge on any atom is 0.190 e. The highest BCUT2D eigenvalue weighted by molar-refractivity contribution is 5.79. The summed E-state index contributed by atoms with van der Waals surface area (Å²) in [5.74, 6) is 0.544. The lowest BCUT2D eigenvalue weighted by atomic mass is 10.1. The van der Waals surface area contributed by atoms with Crippen LogP contribution in [0.3, 0.4) is 0 Å². The van der Waals surface area contributed by atoms with Gasteiger partial charge in [-0.15, -0.1) is 0 Å². The summed E-state index contributed by atoms with van der Waals surface area (Å²) in [6, 6.07) is 12.5. The lowest BCUT2D eigenvalue weighted by Gasteiger charge is -2.11. The Morgan fingerprint density at radius 1 is 1.09 bits per heavy atom. The predicted octanol–water partition coefficient (Wildman–Crippen LogP) is 2.17. The highest BCUT2D eigenvalue weighted by Crippen LogP contribution is 2.03. The van der Waals surface area contributed by atoms with Gasteiger partial charge in [-0.05, 0) is 36.2 Å². The first-order valence-corrected chi connectivity index (χ1v) is 7.37. The molecule has 0 aliphatic rings. The fraction of sp³-hybridized carbons (Fsp3) is 0.294. The second kappa shape index (κ2) is 8.77. The first-order valence-electron chi connectivity index (χ1n) is 7.37. The first kappa shape index (κ1) is 15.9. The minimum atomic E-state index is -0.199. The molecule has 0 saturated heterocycles. The van der Waals surface area contributed by atoms with E-state index in [4.69, 9.17) is 0 Å². The van der Waals surface area contributed by atoms with Crippen molar-refractivity contribution in [2.75, 3.05) is 20.1 Å². The summed E-state index contributed by atoms with van der Waals surface area (Å²) in [6.07, 6.45) is 3.38. The molecule has 0 unspecified atom stereocenters. The van der Waals surface area contributed by atoms with Crippen LogP contribution in [0.2, 0.25) is 0 Å². The molecule has 0 atom stereocenters. The van der Waals surface area contributed by atoms with Crippen LogP contribution >= 0.6 is 0 Å². The second-order valence-electron chi connectivity index (χ2n) is 4.88. The molecule has 1 heterocycles. The van der Waals surface area contributed by atoms with Crippen molar-refractivity contribution in [3.63, 3.8) is 0 Å². The fourth-order valence-corrected chi connectivity index (χ4v) is 2.09. The number of halogens is 1. The van der Waals surface area contributed by atoms with Crippen LogP contribution < -0.4 is 10.6 Å². The highest BCUT2D eigenvalue weighted by atomic mass is 19.1. The number of hydrogen-bond acceptors (Lipinski definition) is 2. The zero-order valence-corrected chi connectivity index (χ0v) is 12.7. The molecule has 0 spiro atoms. The number of hydrogen-bond donors (Lipinski definition) is 2. The third kappa shape index (κ3) is 5.52. The van der Waals surface area contributed by atoms with Crippen LogP contribution in [0.1, 0.15) is 11.3 Å². The molecule has 0 amide bonds. The van der Waals surface area contributed by atoms with Gasteiger partial charge >= 0.3 is 0 Å². The molecule has 0 fully saturated rings. The third-order valence-electron chi connectivity index (χ3n) is 3.22. The van der Waals surface area contributed by atoms with Crippen LogP contribution in [0.25, 0.3) is 0 Å². The van der Waals surface area contributed by atoms with E-state index in [1.807, 2.05) is 24.3 Å². The van der Waals surface area contributed by atoms with Gasteiger partial charge in [-0.3, -0.25) is 9.98 Å². The van der Waals surface area contributed by atoms with Crippen molar-refractivity contribution >= 4 is 5.96 Å². The minimum absolute atomic E-state index is 0.199. The molecule has 22 heavy (non-hydrogen) atoms. The molecule has 0 bridgehead atoms. The van der Waals surface area contributed by atoms with Crippen LogP contribution in [0, 0.1) is 5.82 Å². The Balaban J connectivity index is 1.69. The van der Waals surface area contributed by atoms with Gasteiger partial charge in [0.05, 0.1) is 0 Å². The zero-order chi connectivity index (χ0) is 15.6. The molecule has 1 aromatic heterocycles. The average molecular weight is 300 g/mol. The Kier molecular flexibility index (Phi) is 6.36. The van der Waals surface area contributed by atoms with Crippen molar-refractivity contribution in [3.05, 3.63) is 65.7 Å². The maximum atomic E-state index is 13.1. The third-order valence-corrected chi connectivity index (χ3v) is 3.22. The van der Waals surface area contributed by atoms with Crippen molar-refractivity contribution in [1.29, 1.82) is 0 Å². The van der Waals surface area contributed by atoms with Gasteiger partial charge in [0.2, 0.25) is 0 Å². The zero-order valence-electron chi connectivity index (χ0n) is 12.7. The maximum absolute atomic E-state index is 13.1. The molecular formula is C17H21FN4.